The van der Waals surface area contributed by atoms with Crippen LogP contribution in [0.2, 0.25) is 5.15 Å². The van der Waals surface area contributed by atoms with Gasteiger partial charge < -0.3 is 35.5 Å². The molecule has 2 heterocycles. The molecule has 0 aliphatic heterocycles. The second kappa shape index (κ2) is 16.4. The molecule has 0 spiro atoms. The van der Waals surface area contributed by atoms with Crippen LogP contribution in [0.4, 0.5) is 16.3 Å². The number of alkyl carbamates (subject to hydrolysis) is 1. The molecular weight excluding hydrogens is 590 g/mol. The topological polar surface area (TPSA) is 169 Å². The fourth-order valence-corrected chi connectivity index (χ4v) is 4.89. The molecule has 0 saturated heterocycles. The molecule has 0 saturated carbocycles. The number of pyridine rings is 1. The number of nitrogens with one attached hydrogen (secondary N) is 5. The summed E-state index contributed by atoms with van der Waals surface area (Å²) in [6.45, 7) is 1.82. The van der Waals surface area contributed by atoms with Gasteiger partial charge in [0.2, 0.25) is 11.8 Å². The van der Waals surface area contributed by atoms with E-state index in [4.69, 9.17) is 21.1 Å². The van der Waals surface area contributed by atoms with Crippen molar-refractivity contribution in [3.05, 3.63) is 46.7 Å². The number of rotatable bonds is 17. The van der Waals surface area contributed by atoms with Crippen LogP contribution in [0.1, 0.15) is 49.7 Å². The Morgan fingerprint density at radius 2 is 1.68 bits per heavy atom. The van der Waals surface area contributed by atoms with Crippen LogP contribution in [0.3, 0.4) is 0 Å². The summed E-state index contributed by atoms with van der Waals surface area (Å²) in [7, 11) is 2.89. The lowest BCUT2D eigenvalue weighted by Gasteiger charge is -2.13. The minimum Gasteiger partial charge on any atom is -0.493 e. The van der Waals surface area contributed by atoms with E-state index in [-0.39, 0.29) is 11.8 Å². The maximum Gasteiger partial charge on any atom is 0.406 e. The number of hydrogen-bond acceptors (Lipinski definition) is 9. The number of methoxy groups -OCH3 is 2. The molecule has 44 heavy (non-hydrogen) atoms. The lowest BCUT2D eigenvalue weighted by Crippen LogP contribution is -2.28. The van der Waals surface area contributed by atoms with Gasteiger partial charge in [-0.2, -0.15) is 5.10 Å². The number of halogens is 1. The molecule has 1 aromatic carbocycles. The molecular formula is C30H38ClN7O6. The highest BCUT2D eigenvalue weighted by Crippen LogP contribution is 2.44. The highest BCUT2D eigenvalue weighted by Gasteiger charge is 2.27. The van der Waals surface area contributed by atoms with Crippen molar-refractivity contribution in [2.45, 2.75) is 44.9 Å². The van der Waals surface area contributed by atoms with Gasteiger partial charge in [-0.25, -0.2) is 9.78 Å². The van der Waals surface area contributed by atoms with Crippen molar-refractivity contribution in [1.82, 2.24) is 31.1 Å². The largest absolute Gasteiger partial charge is 0.493 e. The minimum absolute atomic E-state index is 0.0450. The van der Waals surface area contributed by atoms with Crippen molar-refractivity contribution in [2.75, 3.05) is 45.8 Å². The molecule has 13 nitrogen and oxygen atoms in total. The van der Waals surface area contributed by atoms with Gasteiger partial charge in [0.05, 0.1) is 32.2 Å². The molecule has 0 atom stereocenters. The molecule has 0 bridgehead atoms. The number of ether oxygens (including phenoxy) is 3. The standard InChI is InChI=1S/C30H38ClN7O6/c1-42-23-18-20-19(16-21-27(20)37-38-29(21)36-22-8-5-13-34-28(22)31)17-24(23)44-15-7-10-26(40)33-12-4-3-11-32-25(39)9-6-14-35-30(41)43-2/h5,8,13,17-18H,3-4,6-7,9-12,14-16H2,1-2H3,(H,32,39)(H,33,40)(H,35,41)(H2,36,37,38). The Bertz CT molecular complexity index is 1450. The number of hydrogen-bond donors (Lipinski definition) is 5. The van der Waals surface area contributed by atoms with Gasteiger partial charge in [0.25, 0.3) is 0 Å². The molecule has 3 amide bonds. The van der Waals surface area contributed by atoms with Gasteiger partial charge in [-0.3, -0.25) is 14.7 Å². The molecule has 0 fully saturated rings. The van der Waals surface area contributed by atoms with Gasteiger partial charge in [-0.1, -0.05) is 11.6 Å². The van der Waals surface area contributed by atoms with Gasteiger partial charge in [-0.15, -0.1) is 0 Å². The molecule has 236 valence electrons. The number of aromatic nitrogens is 3. The van der Waals surface area contributed by atoms with Crippen LogP contribution in [0.25, 0.3) is 11.3 Å². The Morgan fingerprint density at radius 1 is 0.955 bits per heavy atom. The summed E-state index contributed by atoms with van der Waals surface area (Å²) in [6, 6.07) is 7.56. The van der Waals surface area contributed by atoms with Crippen LogP contribution in [0.15, 0.2) is 30.5 Å². The normalized spacial score (nSPS) is 11.2. The number of fused-ring (bicyclic) bond motifs is 3. The molecule has 1 aliphatic rings. The highest BCUT2D eigenvalue weighted by atomic mass is 35.5. The quantitative estimate of drug-likeness (QED) is 0.0855. The number of aromatic amines is 1. The van der Waals surface area contributed by atoms with E-state index in [1.165, 1.54) is 7.11 Å². The van der Waals surface area contributed by atoms with Gasteiger partial charge >= 0.3 is 6.09 Å². The minimum atomic E-state index is -0.509. The van der Waals surface area contributed by atoms with Gasteiger partial charge in [0.1, 0.15) is 0 Å². The Kier molecular flexibility index (Phi) is 12.0. The number of carbonyl (C=O) groups excluding carboxylic acids is 3. The second-order valence-corrected chi connectivity index (χ2v) is 10.5. The number of amides is 3. The van der Waals surface area contributed by atoms with E-state index < -0.39 is 6.09 Å². The zero-order valence-corrected chi connectivity index (χ0v) is 25.6. The second-order valence-electron chi connectivity index (χ2n) is 10.1. The van der Waals surface area contributed by atoms with Crippen LogP contribution < -0.4 is 30.7 Å². The van der Waals surface area contributed by atoms with Crippen LogP contribution in [0, 0.1) is 0 Å². The van der Waals surface area contributed by atoms with E-state index in [1.54, 1.807) is 19.4 Å². The van der Waals surface area contributed by atoms with E-state index in [1.807, 2.05) is 18.2 Å². The molecule has 2 aromatic heterocycles. The number of unbranched alkanes of at least 4 members (excludes halogenated alkanes) is 1. The van der Waals surface area contributed by atoms with Crippen molar-refractivity contribution in [2.24, 2.45) is 0 Å². The zero-order chi connectivity index (χ0) is 31.3. The van der Waals surface area contributed by atoms with Gasteiger partial charge in [0, 0.05) is 56.2 Å². The van der Waals surface area contributed by atoms with Crippen LogP contribution >= 0.6 is 11.6 Å². The smallest absolute Gasteiger partial charge is 0.406 e. The Labute approximate surface area is 260 Å². The molecule has 14 heteroatoms. The third kappa shape index (κ3) is 8.99. The highest BCUT2D eigenvalue weighted by molar-refractivity contribution is 6.32. The number of benzene rings is 1. The molecule has 1 aliphatic carbocycles. The lowest BCUT2D eigenvalue weighted by atomic mass is 10.1. The van der Waals surface area contributed by atoms with Crippen LogP contribution in [0.5, 0.6) is 11.5 Å². The monoisotopic (exact) mass is 627 g/mol. The van der Waals surface area contributed by atoms with Gasteiger partial charge in [0.15, 0.2) is 22.5 Å². The fourth-order valence-electron chi connectivity index (χ4n) is 4.72. The molecule has 3 aromatic rings. The van der Waals surface area contributed by atoms with Crippen molar-refractivity contribution < 1.29 is 28.6 Å². The van der Waals surface area contributed by atoms with Crippen molar-refractivity contribution in [1.29, 1.82) is 0 Å². The number of carbonyl (C=O) groups is 3. The van der Waals surface area contributed by atoms with E-state index >= 15 is 0 Å². The summed E-state index contributed by atoms with van der Waals surface area (Å²) >= 11 is 6.21. The Morgan fingerprint density at radius 3 is 2.39 bits per heavy atom. The van der Waals surface area contributed by atoms with Gasteiger partial charge in [-0.05, 0) is 55.5 Å². The maximum atomic E-state index is 12.2. The average Bonchev–Trinajstić information content (AvgIpc) is 3.58. The predicted molar refractivity (Wildman–Crippen MR) is 166 cm³/mol. The number of nitrogens with zero attached hydrogens (tertiary/aromatic N) is 2. The zero-order valence-electron chi connectivity index (χ0n) is 24.9. The third-order valence-electron chi connectivity index (χ3n) is 6.99. The Hall–Kier alpha value is -4.52. The third-order valence-corrected chi connectivity index (χ3v) is 7.30. The Balaban J connectivity index is 1.13. The predicted octanol–water partition coefficient (Wildman–Crippen LogP) is 4.09. The first-order valence-corrected chi connectivity index (χ1v) is 14.9. The number of anilines is 2. The molecule has 0 unspecified atom stereocenters. The average molecular weight is 628 g/mol. The van der Waals surface area contributed by atoms with E-state index in [2.05, 4.69) is 41.2 Å². The summed E-state index contributed by atoms with van der Waals surface area (Å²) in [4.78, 5) is 39.1. The summed E-state index contributed by atoms with van der Waals surface area (Å²) in [5.41, 5.74) is 4.68. The van der Waals surface area contributed by atoms with E-state index in [9.17, 15) is 14.4 Å². The molecule has 0 radical (unpaired) electrons. The summed E-state index contributed by atoms with van der Waals surface area (Å²) < 4.78 is 16.1. The summed E-state index contributed by atoms with van der Waals surface area (Å²) in [5, 5.41) is 19.4. The van der Waals surface area contributed by atoms with E-state index in [0.29, 0.717) is 86.5 Å². The maximum absolute atomic E-state index is 12.2. The summed E-state index contributed by atoms with van der Waals surface area (Å²) in [5.74, 6) is 1.79. The van der Waals surface area contributed by atoms with Crippen molar-refractivity contribution >= 4 is 41.0 Å². The lowest BCUT2D eigenvalue weighted by molar-refractivity contribution is -0.122. The van der Waals surface area contributed by atoms with Crippen LogP contribution in [-0.4, -0.2) is 73.5 Å². The first kappa shape index (κ1) is 32.4. The van der Waals surface area contributed by atoms with E-state index in [0.717, 1.165) is 35.2 Å². The molecule has 5 N–H and O–H groups in total. The molecule has 4 rings (SSSR count). The summed E-state index contributed by atoms with van der Waals surface area (Å²) in [6.07, 6.45) is 5.03. The number of H-pyrrole nitrogens is 1. The first-order valence-electron chi connectivity index (χ1n) is 14.5. The van der Waals surface area contributed by atoms with Crippen molar-refractivity contribution in [3.8, 4) is 22.8 Å². The SMILES string of the molecule is COC(=O)NCCCC(=O)NCCCCNC(=O)CCCOc1cc2c(cc1OC)-c1[nH]nc(Nc3cccnc3Cl)c1C2. The van der Waals surface area contributed by atoms with Crippen LogP contribution in [-0.2, 0) is 20.7 Å². The van der Waals surface area contributed by atoms with Crippen molar-refractivity contribution in [3.63, 3.8) is 0 Å². The first-order chi connectivity index (χ1) is 21.4. The fraction of sp³-hybridized carbons (Fsp3) is 0.433.